The van der Waals surface area contributed by atoms with E-state index in [1.54, 1.807) is 23.5 Å². The average Bonchev–Trinajstić information content (AvgIpc) is 3.07. The molecule has 3 heterocycles. The number of H-pyrrole nitrogens is 1. The summed E-state index contributed by atoms with van der Waals surface area (Å²) in [5, 5.41) is 1.39. The number of hydrogen-bond acceptors (Lipinski definition) is 6. The highest BCUT2D eigenvalue weighted by atomic mass is 32.1. The van der Waals surface area contributed by atoms with Crippen LogP contribution < -0.4 is 15.9 Å². The molecule has 0 bridgehead atoms. The van der Waals surface area contributed by atoms with Crippen LogP contribution in [0.5, 0.6) is 5.75 Å². The Balaban J connectivity index is 1.72. The molecule has 0 saturated heterocycles. The van der Waals surface area contributed by atoms with Crippen molar-refractivity contribution in [3.05, 3.63) is 55.5 Å². The molecule has 1 aliphatic carbocycles. The van der Waals surface area contributed by atoms with Gasteiger partial charge in [-0.2, -0.15) is 0 Å². The van der Waals surface area contributed by atoms with Gasteiger partial charge in [0.1, 0.15) is 16.2 Å². The molecule has 7 heteroatoms. The van der Waals surface area contributed by atoms with Crippen LogP contribution in [0.25, 0.3) is 32.6 Å². The Bertz CT molecular complexity index is 1330. The Morgan fingerprint density at radius 3 is 2.96 bits per heavy atom. The molecule has 0 saturated carbocycles. The number of fused-ring (bicyclic) bond motifs is 4. The molecule has 0 fully saturated rings. The number of thiophene rings is 1. The minimum absolute atomic E-state index is 0.193. The molecule has 5 rings (SSSR count). The van der Waals surface area contributed by atoms with Crippen LogP contribution in [0.2, 0.25) is 0 Å². The predicted molar refractivity (Wildman–Crippen MR) is 110 cm³/mol. The molecule has 1 aliphatic rings. The average molecular weight is 394 g/mol. The second-order valence-corrected chi connectivity index (χ2v) is 7.94. The molecule has 1 N–H and O–H groups in total. The van der Waals surface area contributed by atoms with E-state index in [0.29, 0.717) is 33.5 Å². The number of ether oxygens (including phenoxy) is 1. The molecule has 0 unspecified atom stereocenters. The first-order valence-corrected chi connectivity index (χ1v) is 10.2. The monoisotopic (exact) mass is 394 g/mol. The number of nitrogens with zero attached hydrogens (tertiary/aromatic N) is 1. The van der Waals surface area contributed by atoms with Crippen LogP contribution >= 0.6 is 11.3 Å². The summed E-state index contributed by atoms with van der Waals surface area (Å²) in [6, 6.07) is 7.13. The zero-order valence-corrected chi connectivity index (χ0v) is 16.1. The largest absolute Gasteiger partial charge is 0.490 e. The Hall–Kier alpha value is -2.93. The van der Waals surface area contributed by atoms with Crippen molar-refractivity contribution in [2.24, 2.45) is 0 Å². The summed E-state index contributed by atoms with van der Waals surface area (Å²) in [6.07, 6.45) is 4.14. The summed E-state index contributed by atoms with van der Waals surface area (Å²) in [7, 11) is 0. The molecular formula is C21H18N2O4S. The van der Waals surface area contributed by atoms with E-state index in [4.69, 9.17) is 9.15 Å². The van der Waals surface area contributed by atoms with Crippen LogP contribution in [0.15, 0.2) is 38.3 Å². The van der Waals surface area contributed by atoms with Gasteiger partial charge in [0.15, 0.2) is 11.3 Å². The molecule has 0 amide bonds. The van der Waals surface area contributed by atoms with E-state index in [2.05, 4.69) is 9.97 Å². The normalized spacial score (nSPS) is 13.8. The van der Waals surface area contributed by atoms with Crippen molar-refractivity contribution < 1.29 is 9.15 Å². The van der Waals surface area contributed by atoms with Gasteiger partial charge >= 0.3 is 5.63 Å². The van der Waals surface area contributed by atoms with E-state index in [1.165, 1.54) is 4.88 Å². The summed E-state index contributed by atoms with van der Waals surface area (Å²) < 4.78 is 11.1. The highest BCUT2D eigenvalue weighted by molar-refractivity contribution is 7.18. The lowest BCUT2D eigenvalue weighted by molar-refractivity contribution is 0.337. The lowest BCUT2D eigenvalue weighted by atomic mass is 9.97. The van der Waals surface area contributed by atoms with Gasteiger partial charge < -0.3 is 14.1 Å². The Labute approximate surface area is 163 Å². The third-order valence-electron chi connectivity index (χ3n) is 5.10. The number of para-hydroxylation sites is 1. The zero-order chi connectivity index (χ0) is 19.3. The quantitative estimate of drug-likeness (QED) is 0.530. The molecule has 0 atom stereocenters. The molecule has 142 valence electrons. The van der Waals surface area contributed by atoms with Gasteiger partial charge in [-0.15, -0.1) is 11.3 Å². The van der Waals surface area contributed by atoms with Crippen molar-refractivity contribution in [1.82, 2.24) is 9.97 Å². The third kappa shape index (κ3) is 2.65. The van der Waals surface area contributed by atoms with Gasteiger partial charge in [-0.05, 0) is 50.3 Å². The van der Waals surface area contributed by atoms with Gasteiger partial charge in [0.25, 0.3) is 5.56 Å². The fourth-order valence-corrected chi connectivity index (χ4v) is 5.11. The highest BCUT2D eigenvalue weighted by Gasteiger charge is 2.21. The number of benzene rings is 1. The molecule has 1 aromatic carbocycles. The van der Waals surface area contributed by atoms with Gasteiger partial charge in [0, 0.05) is 10.3 Å². The maximum absolute atomic E-state index is 12.8. The van der Waals surface area contributed by atoms with Crippen LogP contribution in [0, 0.1) is 0 Å². The van der Waals surface area contributed by atoms with E-state index < -0.39 is 5.63 Å². The van der Waals surface area contributed by atoms with Crippen LogP contribution in [0.1, 0.15) is 30.2 Å². The van der Waals surface area contributed by atoms with Crippen molar-refractivity contribution in [2.45, 2.75) is 32.6 Å². The molecule has 4 aromatic rings. The number of aryl methyl sites for hydroxylation is 2. The minimum Gasteiger partial charge on any atom is -0.490 e. The maximum atomic E-state index is 12.8. The van der Waals surface area contributed by atoms with Crippen LogP contribution in [-0.4, -0.2) is 16.6 Å². The number of hydrogen-bond donors (Lipinski definition) is 1. The van der Waals surface area contributed by atoms with Crippen molar-refractivity contribution in [3.8, 4) is 17.1 Å². The van der Waals surface area contributed by atoms with Crippen molar-refractivity contribution in [2.75, 3.05) is 6.61 Å². The van der Waals surface area contributed by atoms with Gasteiger partial charge in [0.05, 0.1) is 12.0 Å². The minimum atomic E-state index is -0.552. The van der Waals surface area contributed by atoms with Crippen LogP contribution in [0.3, 0.4) is 0 Å². The van der Waals surface area contributed by atoms with Gasteiger partial charge in [-0.3, -0.25) is 4.79 Å². The molecule has 0 radical (unpaired) electrons. The van der Waals surface area contributed by atoms with E-state index in [1.807, 2.05) is 19.1 Å². The van der Waals surface area contributed by atoms with E-state index in [9.17, 15) is 9.59 Å². The number of rotatable bonds is 3. The van der Waals surface area contributed by atoms with Crippen LogP contribution in [-0.2, 0) is 12.8 Å². The van der Waals surface area contributed by atoms with E-state index in [0.717, 1.165) is 31.2 Å². The maximum Gasteiger partial charge on any atom is 0.347 e. The summed E-state index contributed by atoms with van der Waals surface area (Å²) in [5.41, 5.74) is 1.02. The first-order valence-electron chi connectivity index (χ1n) is 9.40. The van der Waals surface area contributed by atoms with Gasteiger partial charge in [0.2, 0.25) is 0 Å². The molecule has 0 aliphatic heterocycles. The lowest BCUT2D eigenvalue weighted by Gasteiger charge is -2.09. The highest BCUT2D eigenvalue weighted by Crippen LogP contribution is 2.34. The smallest absolute Gasteiger partial charge is 0.347 e. The SMILES string of the molecule is CCOc1cccc2cc(-c3nc4sc5c(c4c(=O)[nH]3)CCCC5)c(=O)oc12. The standard InChI is InChI=1S/C21H18N2O4S/c1-2-26-14-8-5-6-11-10-13(21(25)27-17(11)14)18-22-19(24)16-12-7-3-4-9-15(12)28-20(16)23-18/h5-6,8,10H,2-4,7,9H2,1H3,(H,22,23,24). The Kier molecular flexibility index (Phi) is 4.05. The molecule has 28 heavy (non-hydrogen) atoms. The first kappa shape index (κ1) is 17.2. The summed E-state index contributed by atoms with van der Waals surface area (Å²) in [6.45, 7) is 2.34. The van der Waals surface area contributed by atoms with Crippen molar-refractivity contribution in [3.63, 3.8) is 0 Å². The topological polar surface area (TPSA) is 85.2 Å². The molecular weight excluding hydrogens is 376 g/mol. The third-order valence-corrected chi connectivity index (χ3v) is 6.29. The Morgan fingerprint density at radius 2 is 2.11 bits per heavy atom. The van der Waals surface area contributed by atoms with E-state index in [-0.39, 0.29) is 16.9 Å². The summed E-state index contributed by atoms with van der Waals surface area (Å²) >= 11 is 1.56. The second kappa shape index (κ2) is 6.60. The molecule has 3 aromatic heterocycles. The number of nitrogens with one attached hydrogen (secondary N) is 1. The van der Waals surface area contributed by atoms with E-state index >= 15 is 0 Å². The predicted octanol–water partition coefficient (Wildman–Crippen LogP) is 4.04. The fourth-order valence-electron chi connectivity index (χ4n) is 3.84. The fraction of sp³-hybridized carbons (Fsp3) is 0.286. The van der Waals surface area contributed by atoms with Crippen molar-refractivity contribution in [1.29, 1.82) is 0 Å². The Morgan fingerprint density at radius 1 is 1.25 bits per heavy atom. The van der Waals surface area contributed by atoms with Gasteiger partial charge in [-0.25, -0.2) is 9.78 Å². The second-order valence-electron chi connectivity index (χ2n) is 6.86. The molecule has 6 nitrogen and oxygen atoms in total. The number of aromatic nitrogens is 2. The number of aromatic amines is 1. The molecule has 0 spiro atoms. The first-order chi connectivity index (χ1) is 13.7. The van der Waals surface area contributed by atoms with Crippen molar-refractivity contribution >= 4 is 32.5 Å². The van der Waals surface area contributed by atoms with Gasteiger partial charge in [-0.1, -0.05) is 12.1 Å². The zero-order valence-electron chi connectivity index (χ0n) is 15.3. The summed E-state index contributed by atoms with van der Waals surface area (Å²) in [5.74, 6) is 0.764. The van der Waals surface area contributed by atoms with Crippen LogP contribution in [0.4, 0.5) is 0 Å². The summed E-state index contributed by atoms with van der Waals surface area (Å²) in [4.78, 5) is 34.8. The lowest BCUT2D eigenvalue weighted by Crippen LogP contribution is -2.14.